The van der Waals surface area contributed by atoms with Gasteiger partial charge in [-0.05, 0) is 78.2 Å². The third-order valence-electron chi connectivity index (χ3n) is 6.86. The molecule has 5 aromatic rings. The third kappa shape index (κ3) is 8.50. The highest BCUT2D eigenvalue weighted by Crippen LogP contribution is 2.37. The number of nitrogens with one attached hydrogen (secondary N) is 3. The van der Waals surface area contributed by atoms with Crippen molar-refractivity contribution in [2.24, 2.45) is 0 Å². The molecule has 3 amide bonds. The minimum absolute atomic E-state index is 0.108. The van der Waals surface area contributed by atoms with E-state index in [1.807, 2.05) is 85.8 Å². The number of aryl methyl sites for hydroxylation is 1. The standard InChI is InChI=1S/C37H30ClN3O3S/c1-25-12-8-9-17-28(25)24-33(41-35(42)27-15-6-3-7-16-27)36(43)39-29-20-22-30(23-21-29)45-34(26-13-4-2-5-14-26)37(44)40-32-19-11-10-18-31(32)38/h2-24,34H,1H3,(H,39,43)(H,40,44)(H,41,42)/b33-24-. The molecule has 1 atom stereocenters. The summed E-state index contributed by atoms with van der Waals surface area (Å²) in [5, 5.41) is 8.50. The summed E-state index contributed by atoms with van der Waals surface area (Å²) in [6.45, 7) is 1.94. The van der Waals surface area contributed by atoms with Crippen molar-refractivity contribution < 1.29 is 14.4 Å². The van der Waals surface area contributed by atoms with Gasteiger partial charge in [-0.25, -0.2) is 0 Å². The predicted molar refractivity (Wildman–Crippen MR) is 183 cm³/mol. The number of anilines is 2. The highest BCUT2D eigenvalue weighted by molar-refractivity contribution is 8.00. The van der Waals surface area contributed by atoms with Crippen LogP contribution in [0.15, 0.2) is 144 Å². The van der Waals surface area contributed by atoms with Crippen molar-refractivity contribution in [1.82, 2.24) is 5.32 Å². The number of amides is 3. The van der Waals surface area contributed by atoms with E-state index >= 15 is 0 Å². The number of para-hydroxylation sites is 1. The number of carbonyl (C=O) groups is 3. The molecule has 0 saturated heterocycles. The Balaban J connectivity index is 1.33. The summed E-state index contributed by atoms with van der Waals surface area (Å²) in [6, 6.07) is 40.1. The fraction of sp³-hybridized carbons (Fsp3) is 0.0541. The summed E-state index contributed by atoms with van der Waals surface area (Å²) < 4.78 is 0. The van der Waals surface area contributed by atoms with Gasteiger partial charge in [-0.15, -0.1) is 11.8 Å². The molecule has 0 aliphatic carbocycles. The zero-order chi connectivity index (χ0) is 31.6. The van der Waals surface area contributed by atoms with Gasteiger partial charge in [0.05, 0.1) is 10.7 Å². The van der Waals surface area contributed by atoms with Crippen molar-refractivity contribution in [3.63, 3.8) is 0 Å². The zero-order valence-corrected chi connectivity index (χ0v) is 25.9. The highest BCUT2D eigenvalue weighted by atomic mass is 35.5. The summed E-state index contributed by atoms with van der Waals surface area (Å²) >= 11 is 7.67. The molecule has 0 aliphatic rings. The van der Waals surface area contributed by atoms with Crippen LogP contribution in [0.4, 0.5) is 11.4 Å². The lowest BCUT2D eigenvalue weighted by Crippen LogP contribution is -2.30. The molecule has 1 unspecified atom stereocenters. The second-order valence-electron chi connectivity index (χ2n) is 10.1. The molecule has 0 bridgehead atoms. The van der Waals surface area contributed by atoms with E-state index in [1.54, 1.807) is 60.7 Å². The molecule has 3 N–H and O–H groups in total. The zero-order valence-electron chi connectivity index (χ0n) is 24.4. The first-order valence-electron chi connectivity index (χ1n) is 14.2. The SMILES string of the molecule is Cc1ccccc1/C=C(\NC(=O)c1ccccc1)C(=O)Nc1ccc(SC(C(=O)Nc2ccccc2Cl)c2ccccc2)cc1. The summed E-state index contributed by atoms with van der Waals surface area (Å²) in [6.07, 6.45) is 1.66. The van der Waals surface area contributed by atoms with Crippen molar-refractivity contribution in [2.75, 3.05) is 10.6 Å². The van der Waals surface area contributed by atoms with E-state index in [1.165, 1.54) is 11.8 Å². The lowest BCUT2D eigenvalue weighted by molar-refractivity contribution is -0.116. The van der Waals surface area contributed by atoms with Gasteiger partial charge in [0.25, 0.3) is 11.8 Å². The lowest BCUT2D eigenvalue weighted by atomic mass is 10.1. The predicted octanol–water partition coefficient (Wildman–Crippen LogP) is 8.53. The Kier molecular flexibility index (Phi) is 10.5. The molecule has 0 fully saturated rings. The van der Waals surface area contributed by atoms with Crippen molar-refractivity contribution in [3.8, 4) is 0 Å². The average Bonchev–Trinajstić information content (AvgIpc) is 3.06. The number of halogens is 1. The first kappa shape index (κ1) is 31.3. The molecule has 0 heterocycles. The van der Waals surface area contributed by atoms with Crippen LogP contribution in [0.25, 0.3) is 6.08 Å². The maximum atomic E-state index is 13.5. The Hall–Kier alpha value is -5.11. The molecule has 0 saturated carbocycles. The molecule has 0 radical (unpaired) electrons. The molecule has 5 aromatic carbocycles. The van der Waals surface area contributed by atoms with E-state index < -0.39 is 11.2 Å². The van der Waals surface area contributed by atoms with Crippen LogP contribution in [0, 0.1) is 6.92 Å². The monoisotopic (exact) mass is 631 g/mol. The second-order valence-corrected chi connectivity index (χ2v) is 11.7. The van der Waals surface area contributed by atoms with Crippen LogP contribution in [0.2, 0.25) is 5.02 Å². The first-order valence-corrected chi connectivity index (χ1v) is 15.5. The Labute approximate surface area is 271 Å². The van der Waals surface area contributed by atoms with Crippen molar-refractivity contribution in [1.29, 1.82) is 0 Å². The summed E-state index contributed by atoms with van der Waals surface area (Å²) in [5.41, 5.74) is 4.23. The van der Waals surface area contributed by atoms with Crippen LogP contribution in [0.3, 0.4) is 0 Å². The van der Waals surface area contributed by atoms with Gasteiger partial charge in [-0.1, -0.05) is 96.5 Å². The molecular weight excluding hydrogens is 602 g/mol. The van der Waals surface area contributed by atoms with Gasteiger partial charge < -0.3 is 16.0 Å². The van der Waals surface area contributed by atoms with Gasteiger partial charge in [0, 0.05) is 16.1 Å². The highest BCUT2D eigenvalue weighted by Gasteiger charge is 2.23. The Morgan fingerprint density at radius 2 is 1.33 bits per heavy atom. The molecule has 8 heteroatoms. The maximum Gasteiger partial charge on any atom is 0.272 e. The van der Waals surface area contributed by atoms with Gasteiger partial charge >= 0.3 is 0 Å². The molecular formula is C37H30ClN3O3S. The molecule has 5 rings (SSSR count). The average molecular weight is 632 g/mol. The fourth-order valence-corrected chi connectivity index (χ4v) is 5.67. The topological polar surface area (TPSA) is 87.3 Å². The van der Waals surface area contributed by atoms with Gasteiger partial charge in [-0.3, -0.25) is 14.4 Å². The fourth-order valence-electron chi connectivity index (χ4n) is 4.46. The second kappa shape index (κ2) is 15.1. The number of thioether (sulfide) groups is 1. The number of carbonyl (C=O) groups excluding carboxylic acids is 3. The number of hydrogen-bond acceptors (Lipinski definition) is 4. The third-order valence-corrected chi connectivity index (χ3v) is 8.45. The van der Waals surface area contributed by atoms with Gasteiger partial charge in [0.15, 0.2) is 0 Å². The van der Waals surface area contributed by atoms with Gasteiger partial charge in [0.2, 0.25) is 5.91 Å². The van der Waals surface area contributed by atoms with E-state index in [0.717, 1.165) is 21.6 Å². The van der Waals surface area contributed by atoms with Crippen molar-refractivity contribution >= 4 is 58.5 Å². The molecule has 0 spiro atoms. The van der Waals surface area contributed by atoms with Crippen LogP contribution < -0.4 is 16.0 Å². The Morgan fingerprint density at radius 1 is 0.711 bits per heavy atom. The van der Waals surface area contributed by atoms with Crippen LogP contribution in [-0.4, -0.2) is 17.7 Å². The van der Waals surface area contributed by atoms with Crippen LogP contribution in [-0.2, 0) is 9.59 Å². The Morgan fingerprint density at radius 3 is 2.02 bits per heavy atom. The van der Waals surface area contributed by atoms with Crippen molar-refractivity contribution in [2.45, 2.75) is 17.1 Å². The van der Waals surface area contributed by atoms with Crippen LogP contribution in [0.5, 0.6) is 0 Å². The minimum atomic E-state index is -0.556. The Bertz CT molecular complexity index is 1830. The van der Waals surface area contributed by atoms with E-state index in [9.17, 15) is 14.4 Å². The molecule has 45 heavy (non-hydrogen) atoms. The normalized spacial score (nSPS) is 11.7. The van der Waals surface area contributed by atoms with E-state index in [4.69, 9.17) is 11.6 Å². The van der Waals surface area contributed by atoms with Crippen molar-refractivity contribution in [3.05, 3.63) is 166 Å². The van der Waals surface area contributed by atoms with E-state index in [-0.39, 0.29) is 17.5 Å². The van der Waals surface area contributed by atoms with Gasteiger partial charge in [-0.2, -0.15) is 0 Å². The molecule has 0 aliphatic heterocycles. The van der Waals surface area contributed by atoms with Gasteiger partial charge in [0.1, 0.15) is 10.9 Å². The summed E-state index contributed by atoms with van der Waals surface area (Å²) in [7, 11) is 0. The van der Waals surface area contributed by atoms with E-state index in [2.05, 4.69) is 16.0 Å². The molecule has 6 nitrogen and oxygen atoms in total. The molecule has 0 aromatic heterocycles. The number of rotatable bonds is 10. The van der Waals surface area contributed by atoms with Crippen LogP contribution in [0.1, 0.15) is 32.3 Å². The minimum Gasteiger partial charge on any atom is -0.323 e. The maximum absolute atomic E-state index is 13.5. The molecule has 224 valence electrons. The first-order chi connectivity index (χ1) is 21.9. The number of hydrogen-bond donors (Lipinski definition) is 3. The largest absolute Gasteiger partial charge is 0.323 e. The summed E-state index contributed by atoms with van der Waals surface area (Å²) in [5.74, 6) is -1.07. The smallest absolute Gasteiger partial charge is 0.272 e. The van der Waals surface area contributed by atoms with Crippen LogP contribution >= 0.6 is 23.4 Å². The number of benzene rings is 5. The lowest BCUT2D eigenvalue weighted by Gasteiger charge is -2.18. The summed E-state index contributed by atoms with van der Waals surface area (Å²) in [4.78, 5) is 40.7. The quantitative estimate of drug-likeness (QED) is 0.106. The van der Waals surface area contributed by atoms with E-state index in [0.29, 0.717) is 22.0 Å².